The molecule has 0 unspecified atom stereocenters. The van der Waals surface area contributed by atoms with E-state index >= 15 is 0 Å². The molecule has 1 saturated carbocycles. The smallest absolute Gasteiger partial charge is 0.223 e. The zero-order valence-corrected chi connectivity index (χ0v) is 20.4. The van der Waals surface area contributed by atoms with Crippen LogP contribution in [0.1, 0.15) is 30.4 Å². The van der Waals surface area contributed by atoms with E-state index in [1.54, 1.807) is 21.3 Å². The Bertz CT molecular complexity index is 988. The van der Waals surface area contributed by atoms with Crippen molar-refractivity contribution in [2.45, 2.75) is 32.2 Å². The van der Waals surface area contributed by atoms with Crippen LogP contribution in [0.25, 0.3) is 0 Å². The number of hydrogen-bond donors (Lipinski definition) is 1. The highest BCUT2D eigenvalue weighted by Crippen LogP contribution is 2.59. The van der Waals surface area contributed by atoms with Gasteiger partial charge in [0.15, 0.2) is 11.5 Å². The molecular formula is C26H33ClN2O4. The molecule has 178 valence electrons. The van der Waals surface area contributed by atoms with Gasteiger partial charge in [0.25, 0.3) is 0 Å². The fraction of sp³-hybridized carbons (Fsp3) is 0.500. The van der Waals surface area contributed by atoms with E-state index < -0.39 is 0 Å². The van der Waals surface area contributed by atoms with Gasteiger partial charge in [0.1, 0.15) is 5.75 Å². The maximum Gasteiger partial charge on any atom is 0.223 e. The highest BCUT2D eigenvalue weighted by molar-refractivity contribution is 6.33. The molecule has 0 bridgehead atoms. The lowest BCUT2D eigenvalue weighted by Crippen LogP contribution is -2.37. The first-order valence-corrected chi connectivity index (χ1v) is 11.9. The average Bonchev–Trinajstić information content (AvgIpc) is 3.55. The summed E-state index contributed by atoms with van der Waals surface area (Å²) in [5.74, 6) is 2.42. The topological polar surface area (TPSA) is 60.0 Å². The minimum absolute atomic E-state index is 0.148. The summed E-state index contributed by atoms with van der Waals surface area (Å²) < 4.78 is 16.0. The van der Waals surface area contributed by atoms with Crippen LogP contribution >= 0.6 is 11.6 Å². The molecule has 1 spiro atoms. The van der Waals surface area contributed by atoms with Gasteiger partial charge < -0.3 is 19.5 Å². The minimum atomic E-state index is 0.148. The second kappa shape index (κ2) is 10.2. The monoisotopic (exact) mass is 472 g/mol. The Balaban J connectivity index is 1.24. The summed E-state index contributed by atoms with van der Waals surface area (Å²) in [6, 6.07) is 11.9. The zero-order chi connectivity index (χ0) is 23.4. The molecule has 2 aromatic carbocycles. The number of carbonyl (C=O) groups is 1. The first-order valence-electron chi connectivity index (χ1n) is 11.5. The first kappa shape index (κ1) is 23.7. The summed E-state index contributed by atoms with van der Waals surface area (Å²) in [5, 5.41) is 3.76. The van der Waals surface area contributed by atoms with Crippen LogP contribution in [0.5, 0.6) is 17.2 Å². The standard InChI is InChI=1S/C26H33ClN2O4/c1-31-20-6-4-5-18(15-20)9-12-28-25(30)21-16-26(21)10-13-29(14-11-26)17-19-7-8-22(32-2)24(33-3)23(19)27/h4-8,15,21H,9-14,16-17H2,1-3H3,(H,28,30)/t21-/m0/s1. The van der Waals surface area contributed by atoms with Gasteiger partial charge in [0.05, 0.1) is 26.4 Å². The van der Waals surface area contributed by atoms with Crippen LogP contribution in [0.15, 0.2) is 36.4 Å². The predicted octanol–water partition coefficient (Wildman–Crippen LogP) is 4.33. The Morgan fingerprint density at radius 3 is 2.61 bits per heavy atom. The zero-order valence-electron chi connectivity index (χ0n) is 19.7. The predicted molar refractivity (Wildman–Crippen MR) is 129 cm³/mol. The van der Waals surface area contributed by atoms with Crippen LogP contribution in [0.2, 0.25) is 5.02 Å². The molecule has 2 fully saturated rings. The van der Waals surface area contributed by atoms with E-state index in [1.807, 2.05) is 30.3 Å². The molecule has 2 aliphatic rings. The van der Waals surface area contributed by atoms with Crippen molar-refractivity contribution in [3.8, 4) is 17.2 Å². The number of piperidine rings is 1. The second-order valence-corrected chi connectivity index (χ2v) is 9.44. The van der Waals surface area contributed by atoms with E-state index in [-0.39, 0.29) is 17.2 Å². The third kappa shape index (κ3) is 5.22. The largest absolute Gasteiger partial charge is 0.497 e. The van der Waals surface area contributed by atoms with Gasteiger partial charge in [0, 0.05) is 19.0 Å². The molecule has 1 saturated heterocycles. The quantitative estimate of drug-likeness (QED) is 0.588. The fourth-order valence-electron chi connectivity index (χ4n) is 5.00. The molecule has 7 heteroatoms. The Labute approximate surface area is 201 Å². The van der Waals surface area contributed by atoms with Crippen molar-refractivity contribution in [3.63, 3.8) is 0 Å². The van der Waals surface area contributed by atoms with Crippen LogP contribution in [0.4, 0.5) is 0 Å². The van der Waals surface area contributed by atoms with Crippen molar-refractivity contribution < 1.29 is 19.0 Å². The number of benzene rings is 2. The van der Waals surface area contributed by atoms with Gasteiger partial charge in [-0.1, -0.05) is 29.8 Å². The number of rotatable bonds is 9. The Hall–Kier alpha value is -2.44. The van der Waals surface area contributed by atoms with E-state index in [1.165, 1.54) is 5.56 Å². The molecule has 4 rings (SSSR count). The third-order valence-corrected chi connectivity index (χ3v) is 7.58. The van der Waals surface area contributed by atoms with Crippen LogP contribution in [-0.4, -0.2) is 51.8 Å². The summed E-state index contributed by atoms with van der Waals surface area (Å²) >= 11 is 6.56. The van der Waals surface area contributed by atoms with E-state index in [4.69, 9.17) is 25.8 Å². The number of hydrogen-bond acceptors (Lipinski definition) is 5. The van der Waals surface area contributed by atoms with Gasteiger partial charge >= 0.3 is 0 Å². The number of halogens is 1. The van der Waals surface area contributed by atoms with Gasteiger partial charge in [-0.2, -0.15) is 0 Å². The number of nitrogens with zero attached hydrogens (tertiary/aromatic N) is 1. The first-order chi connectivity index (χ1) is 16.0. The van der Waals surface area contributed by atoms with Crippen LogP contribution in [0.3, 0.4) is 0 Å². The molecule has 6 nitrogen and oxygen atoms in total. The molecule has 1 aliphatic heterocycles. The maximum atomic E-state index is 12.7. The van der Waals surface area contributed by atoms with Crippen molar-refractivity contribution in [2.75, 3.05) is 41.0 Å². The molecule has 33 heavy (non-hydrogen) atoms. The summed E-state index contributed by atoms with van der Waals surface area (Å²) in [7, 11) is 4.88. The van der Waals surface area contributed by atoms with Crippen LogP contribution in [0, 0.1) is 11.3 Å². The number of ether oxygens (including phenoxy) is 3. The van der Waals surface area contributed by atoms with Crippen molar-refractivity contribution in [2.24, 2.45) is 11.3 Å². The van der Waals surface area contributed by atoms with Crippen molar-refractivity contribution in [3.05, 3.63) is 52.5 Å². The summed E-state index contributed by atoms with van der Waals surface area (Å²) in [6.45, 7) is 3.37. The van der Waals surface area contributed by atoms with Gasteiger partial charge in [-0.15, -0.1) is 0 Å². The highest BCUT2D eigenvalue weighted by atomic mass is 35.5. The number of amides is 1. The minimum Gasteiger partial charge on any atom is -0.497 e. The molecule has 1 heterocycles. The summed E-state index contributed by atoms with van der Waals surface area (Å²) in [4.78, 5) is 15.2. The number of carbonyl (C=O) groups excluding carboxylic acids is 1. The lowest BCUT2D eigenvalue weighted by molar-refractivity contribution is -0.123. The highest BCUT2D eigenvalue weighted by Gasteiger charge is 2.58. The molecule has 0 aromatic heterocycles. The van der Waals surface area contributed by atoms with Crippen LogP contribution < -0.4 is 19.5 Å². The number of methoxy groups -OCH3 is 3. The molecule has 0 radical (unpaired) electrons. The average molecular weight is 473 g/mol. The van der Waals surface area contributed by atoms with E-state index in [0.29, 0.717) is 23.1 Å². The molecule has 1 atom stereocenters. The summed E-state index contributed by atoms with van der Waals surface area (Å²) in [5.41, 5.74) is 2.38. The maximum absolute atomic E-state index is 12.7. The van der Waals surface area contributed by atoms with E-state index in [2.05, 4.69) is 16.3 Å². The fourth-order valence-corrected chi connectivity index (χ4v) is 5.29. The lowest BCUT2D eigenvalue weighted by Gasteiger charge is -2.33. The SMILES string of the molecule is COc1cccc(CCNC(=O)[C@@H]2CC23CCN(Cc2ccc(OC)c(OC)c2Cl)CC3)c1. The van der Waals surface area contributed by atoms with Crippen molar-refractivity contribution >= 4 is 17.5 Å². The van der Waals surface area contributed by atoms with Crippen molar-refractivity contribution in [1.82, 2.24) is 10.2 Å². The molecular weight excluding hydrogens is 440 g/mol. The normalized spacial score (nSPS) is 19.2. The van der Waals surface area contributed by atoms with Gasteiger partial charge in [-0.25, -0.2) is 0 Å². The second-order valence-electron chi connectivity index (χ2n) is 9.06. The Morgan fingerprint density at radius 1 is 1.12 bits per heavy atom. The van der Waals surface area contributed by atoms with E-state index in [0.717, 1.165) is 56.6 Å². The Morgan fingerprint density at radius 2 is 1.91 bits per heavy atom. The third-order valence-electron chi connectivity index (χ3n) is 7.16. The molecule has 1 amide bonds. The lowest BCUT2D eigenvalue weighted by atomic mass is 9.90. The molecule has 2 aromatic rings. The Kier molecular flexibility index (Phi) is 7.35. The summed E-state index contributed by atoms with van der Waals surface area (Å²) in [6.07, 6.45) is 3.91. The number of nitrogens with one attached hydrogen (secondary N) is 1. The molecule has 1 aliphatic carbocycles. The number of likely N-dealkylation sites (tertiary alicyclic amines) is 1. The van der Waals surface area contributed by atoms with Gasteiger partial charge in [0.2, 0.25) is 5.91 Å². The van der Waals surface area contributed by atoms with Crippen LogP contribution in [-0.2, 0) is 17.8 Å². The van der Waals surface area contributed by atoms with Gasteiger partial charge in [-0.3, -0.25) is 9.69 Å². The van der Waals surface area contributed by atoms with Gasteiger partial charge in [-0.05, 0) is 73.5 Å². The van der Waals surface area contributed by atoms with Crippen molar-refractivity contribution in [1.29, 1.82) is 0 Å². The van der Waals surface area contributed by atoms with E-state index in [9.17, 15) is 4.79 Å². The molecule has 1 N–H and O–H groups in total.